The van der Waals surface area contributed by atoms with E-state index in [1.807, 2.05) is 25.7 Å². The Bertz CT molecular complexity index is 736. The third-order valence-electron chi connectivity index (χ3n) is 3.50. The first-order valence-electron chi connectivity index (χ1n) is 6.97. The zero-order chi connectivity index (χ0) is 14.7. The Hall–Kier alpha value is -1.36. The van der Waals surface area contributed by atoms with E-state index in [1.54, 1.807) is 11.3 Å². The number of aryl methyl sites for hydroxylation is 1. The molecular formula is C17H18N2S2. The fourth-order valence-electron chi connectivity index (χ4n) is 2.32. The van der Waals surface area contributed by atoms with E-state index in [0.29, 0.717) is 6.04 Å². The number of thioether (sulfide) groups is 1. The number of benzene rings is 2. The van der Waals surface area contributed by atoms with E-state index in [9.17, 15) is 0 Å². The van der Waals surface area contributed by atoms with Crippen molar-refractivity contribution in [3.05, 3.63) is 59.1 Å². The number of fused-ring (bicyclic) bond motifs is 1. The molecule has 1 N–H and O–H groups in total. The van der Waals surface area contributed by atoms with Crippen LogP contribution < -0.4 is 5.32 Å². The second-order valence-corrected chi connectivity index (χ2v) is 7.14. The number of hydrogen-bond donors (Lipinski definition) is 1. The van der Waals surface area contributed by atoms with Crippen molar-refractivity contribution in [2.24, 2.45) is 0 Å². The van der Waals surface area contributed by atoms with Crippen LogP contribution in [-0.2, 0) is 0 Å². The maximum atomic E-state index is 4.51. The van der Waals surface area contributed by atoms with Crippen LogP contribution in [0.3, 0.4) is 0 Å². The fraction of sp³-hybridized carbons (Fsp3) is 0.235. The van der Waals surface area contributed by atoms with E-state index in [4.69, 9.17) is 0 Å². The summed E-state index contributed by atoms with van der Waals surface area (Å²) in [5.74, 6) is 0.988. The largest absolute Gasteiger partial charge is 0.312 e. The molecule has 0 aliphatic rings. The lowest BCUT2D eigenvalue weighted by molar-refractivity contribution is 0.662. The third-order valence-corrected chi connectivity index (χ3v) is 5.73. The van der Waals surface area contributed by atoms with Gasteiger partial charge in [-0.25, -0.2) is 4.98 Å². The minimum absolute atomic E-state index is 0.337. The predicted molar refractivity (Wildman–Crippen MR) is 93.3 cm³/mol. The van der Waals surface area contributed by atoms with Crippen molar-refractivity contribution < 1.29 is 0 Å². The van der Waals surface area contributed by atoms with Crippen molar-refractivity contribution in [3.8, 4) is 0 Å². The highest BCUT2D eigenvalue weighted by Crippen LogP contribution is 2.28. The normalized spacial score (nSPS) is 12.7. The molecule has 4 heteroatoms. The molecule has 1 heterocycles. The highest BCUT2D eigenvalue weighted by atomic mass is 32.2. The molecule has 1 atom stereocenters. The van der Waals surface area contributed by atoms with Gasteiger partial charge in [-0.3, -0.25) is 0 Å². The number of nitrogens with zero attached hydrogens (tertiary/aromatic N) is 1. The second kappa shape index (κ2) is 6.60. The molecule has 0 bridgehead atoms. The number of aromatic nitrogens is 1. The molecule has 0 aliphatic carbocycles. The highest BCUT2D eigenvalue weighted by molar-refractivity contribution is 8.01. The number of thiazole rings is 1. The molecule has 0 spiro atoms. The van der Waals surface area contributed by atoms with Crippen molar-refractivity contribution in [2.75, 3.05) is 12.8 Å². The number of nitrogens with one attached hydrogen (secondary N) is 1. The molecule has 2 nitrogen and oxygen atoms in total. The lowest BCUT2D eigenvalue weighted by atomic mass is 10.0. The van der Waals surface area contributed by atoms with Crippen molar-refractivity contribution in [3.63, 3.8) is 0 Å². The summed E-state index contributed by atoms with van der Waals surface area (Å²) in [6.45, 7) is 2.04. The molecule has 1 aromatic heterocycles. The Morgan fingerprint density at radius 1 is 1.19 bits per heavy atom. The minimum Gasteiger partial charge on any atom is -0.312 e. The molecule has 2 aromatic carbocycles. The van der Waals surface area contributed by atoms with E-state index in [-0.39, 0.29) is 0 Å². The van der Waals surface area contributed by atoms with Crippen LogP contribution in [0.5, 0.6) is 0 Å². The van der Waals surface area contributed by atoms with Crippen molar-refractivity contribution in [1.82, 2.24) is 10.3 Å². The van der Waals surface area contributed by atoms with Gasteiger partial charge in [0.05, 0.1) is 0 Å². The summed E-state index contributed by atoms with van der Waals surface area (Å²) < 4.78 is 1.15. The minimum atomic E-state index is 0.337. The average molecular weight is 314 g/mol. The Kier molecular flexibility index (Phi) is 4.58. The molecule has 0 saturated heterocycles. The monoisotopic (exact) mass is 314 g/mol. The van der Waals surface area contributed by atoms with Gasteiger partial charge in [-0.15, -0.1) is 11.3 Å². The van der Waals surface area contributed by atoms with Crippen LogP contribution in [0.4, 0.5) is 0 Å². The molecule has 0 saturated carbocycles. The van der Waals surface area contributed by atoms with Gasteiger partial charge in [0, 0.05) is 22.9 Å². The lowest BCUT2D eigenvalue weighted by Crippen LogP contribution is -2.18. The van der Waals surface area contributed by atoms with Crippen LogP contribution in [0.1, 0.15) is 17.3 Å². The van der Waals surface area contributed by atoms with Gasteiger partial charge in [0.15, 0.2) is 0 Å². The van der Waals surface area contributed by atoms with Crippen LogP contribution in [0.25, 0.3) is 10.8 Å². The van der Waals surface area contributed by atoms with Gasteiger partial charge in [0.1, 0.15) is 4.34 Å². The van der Waals surface area contributed by atoms with Gasteiger partial charge in [-0.05, 0) is 36.4 Å². The zero-order valence-electron chi connectivity index (χ0n) is 12.2. The third kappa shape index (κ3) is 3.46. The van der Waals surface area contributed by atoms with Gasteiger partial charge in [0.2, 0.25) is 0 Å². The summed E-state index contributed by atoms with van der Waals surface area (Å²) in [5, 5.41) is 8.11. The first-order chi connectivity index (χ1) is 10.3. The van der Waals surface area contributed by atoms with Gasteiger partial charge in [-0.1, -0.05) is 48.2 Å². The lowest BCUT2D eigenvalue weighted by Gasteiger charge is -2.16. The summed E-state index contributed by atoms with van der Waals surface area (Å²) in [6.07, 6.45) is 0. The summed E-state index contributed by atoms with van der Waals surface area (Å²) in [4.78, 5) is 4.51. The van der Waals surface area contributed by atoms with E-state index in [0.717, 1.165) is 15.8 Å². The maximum Gasteiger partial charge on any atom is 0.150 e. The Labute approximate surface area is 133 Å². The zero-order valence-corrected chi connectivity index (χ0v) is 13.8. The Morgan fingerprint density at radius 2 is 2.00 bits per heavy atom. The molecule has 0 aliphatic heterocycles. The van der Waals surface area contributed by atoms with Gasteiger partial charge in [0.25, 0.3) is 0 Å². The molecular weight excluding hydrogens is 296 g/mol. The van der Waals surface area contributed by atoms with Crippen LogP contribution >= 0.6 is 23.1 Å². The Balaban J connectivity index is 1.77. The maximum absolute atomic E-state index is 4.51. The topological polar surface area (TPSA) is 24.9 Å². The molecule has 0 radical (unpaired) electrons. The molecule has 108 valence electrons. The highest BCUT2D eigenvalue weighted by Gasteiger charge is 2.11. The molecule has 1 unspecified atom stereocenters. The summed E-state index contributed by atoms with van der Waals surface area (Å²) in [7, 11) is 2.02. The smallest absolute Gasteiger partial charge is 0.150 e. The van der Waals surface area contributed by atoms with Crippen LogP contribution in [0.15, 0.2) is 52.2 Å². The van der Waals surface area contributed by atoms with Gasteiger partial charge in [-0.2, -0.15) is 0 Å². The van der Waals surface area contributed by atoms with Crippen molar-refractivity contribution >= 4 is 33.9 Å². The number of hydrogen-bond acceptors (Lipinski definition) is 4. The summed E-state index contributed by atoms with van der Waals surface area (Å²) in [5.41, 5.74) is 2.44. The SMILES string of the molecule is CNC(CSc1nc(C)cs1)c1ccc2ccccc2c1. The van der Waals surface area contributed by atoms with E-state index in [1.165, 1.54) is 16.3 Å². The summed E-state index contributed by atoms with van der Waals surface area (Å²) >= 11 is 3.54. The predicted octanol–water partition coefficient (Wildman–Crippen LogP) is 4.66. The van der Waals surface area contributed by atoms with Crippen LogP contribution in [-0.4, -0.2) is 17.8 Å². The quantitative estimate of drug-likeness (QED) is 0.693. The second-order valence-electron chi connectivity index (χ2n) is 5.01. The van der Waals surface area contributed by atoms with E-state index in [2.05, 4.69) is 58.1 Å². The molecule has 3 rings (SSSR count). The average Bonchev–Trinajstić information content (AvgIpc) is 2.93. The Morgan fingerprint density at radius 3 is 2.71 bits per heavy atom. The first-order valence-corrected chi connectivity index (χ1v) is 8.83. The van der Waals surface area contributed by atoms with Crippen molar-refractivity contribution in [1.29, 1.82) is 0 Å². The fourth-order valence-corrected chi connectivity index (χ4v) is 4.34. The van der Waals surface area contributed by atoms with Crippen LogP contribution in [0, 0.1) is 6.92 Å². The summed E-state index contributed by atoms with van der Waals surface area (Å²) in [6, 6.07) is 15.5. The molecule has 3 aromatic rings. The van der Waals surface area contributed by atoms with Crippen LogP contribution in [0.2, 0.25) is 0 Å². The number of rotatable bonds is 5. The molecule has 21 heavy (non-hydrogen) atoms. The molecule has 0 amide bonds. The van der Waals surface area contributed by atoms with E-state index >= 15 is 0 Å². The van der Waals surface area contributed by atoms with Crippen molar-refractivity contribution in [2.45, 2.75) is 17.3 Å². The van der Waals surface area contributed by atoms with Gasteiger partial charge >= 0.3 is 0 Å². The first kappa shape index (κ1) is 14.6. The van der Waals surface area contributed by atoms with E-state index < -0.39 is 0 Å². The van der Waals surface area contributed by atoms with Gasteiger partial charge < -0.3 is 5.32 Å². The molecule has 0 fully saturated rings. The standard InChI is InChI=1S/C17H18N2S2/c1-12-10-20-17(19-12)21-11-16(18-2)15-8-7-13-5-3-4-6-14(13)9-15/h3-10,16,18H,11H2,1-2H3.